The van der Waals surface area contributed by atoms with Crippen LogP contribution < -0.4 is 5.32 Å². The number of carbonyl (C=O) groups excluding carboxylic acids is 2. The maximum absolute atomic E-state index is 12.5. The fourth-order valence-corrected chi connectivity index (χ4v) is 11.6. The van der Waals surface area contributed by atoms with Crippen LogP contribution in [-0.2, 0) is 14.3 Å². The molecule has 0 aliphatic heterocycles. The van der Waals surface area contributed by atoms with Crippen LogP contribution >= 0.6 is 0 Å². The van der Waals surface area contributed by atoms with Crippen molar-refractivity contribution in [2.75, 3.05) is 13.2 Å². The largest absolute Gasteiger partial charge is 0.466 e. The Balaban J connectivity index is 3.34. The Labute approximate surface area is 518 Å². The molecule has 1 amide bonds. The normalized spacial score (nSPS) is 12.8. The van der Waals surface area contributed by atoms with Crippen molar-refractivity contribution in [2.45, 2.75) is 418 Å². The summed E-state index contributed by atoms with van der Waals surface area (Å²) in [6, 6.07) is -0.625. The molecule has 0 aromatic heterocycles. The van der Waals surface area contributed by atoms with Gasteiger partial charge in [0.1, 0.15) is 0 Å². The standard InChI is InChI=1S/C77H145NO5/c1-3-5-7-9-11-13-15-17-19-39-43-47-51-55-59-63-67-71-77(82)83-72-68-64-60-56-52-48-44-41-38-36-34-32-30-28-26-24-22-20-21-23-25-27-29-31-33-35-37-40-42-46-50-54-58-62-66-70-76(81)78-74(73-79)75(80)69-65-61-57-53-49-45-18-16-14-12-10-8-6-4-2/h11,13,17,19,22,24,65,69,74-75,79-80H,3-10,12,14-16,18,20-21,23,25-64,66-68,70-73H2,1-2H3,(H,78,81)/b13-11-,19-17-,24-22-,69-65+. The van der Waals surface area contributed by atoms with Crippen LogP contribution in [0, 0.1) is 0 Å². The first-order chi connectivity index (χ1) is 41.0. The fourth-order valence-electron chi connectivity index (χ4n) is 11.6. The second kappa shape index (κ2) is 72.3. The van der Waals surface area contributed by atoms with E-state index in [1.54, 1.807) is 6.08 Å². The van der Waals surface area contributed by atoms with Gasteiger partial charge in [0, 0.05) is 12.8 Å². The molecule has 0 aliphatic rings. The van der Waals surface area contributed by atoms with Crippen molar-refractivity contribution in [1.82, 2.24) is 5.32 Å². The van der Waals surface area contributed by atoms with Gasteiger partial charge in [0.2, 0.25) is 5.91 Å². The van der Waals surface area contributed by atoms with E-state index in [0.29, 0.717) is 19.4 Å². The highest BCUT2D eigenvalue weighted by atomic mass is 16.5. The zero-order valence-electron chi connectivity index (χ0n) is 55.9. The Bertz CT molecular complexity index is 1390. The second-order valence-corrected chi connectivity index (χ2v) is 25.6. The number of ether oxygens (including phenoxy) is 1. The number of nitrogens with one attached hydrogen (secondary N) is 1. The van der Waals surface area contributed by atoms with Crippen LogP contribution in [0.15, 0.2) is 48.6 Å². The first-order valence-corrected chi connectivity index (χ1v) is 37.4. The Morgan fingerprint density at radius 1 is 0.337 bits per heavy atom. The van der Waals surface area contributed by atoms with Crippen molar-refractivity contribution in [3.63, 3.8) is 0 Å². The van der Waals surface area contributed by atoms with Gasteiger partial charge in [0.25, 0.3) is 0 Å². The lowest BCUT2D eigenvalue weighted by molar-refractivity contribution is -0.143. The monoisotopic (exact) mass is 1160 g/mol. The number of hydrogen-bond donors (Lipinski definition) is 3. The summed E-state index contributed by atoms with van der Waals surface area (Å²) in [7, 11) is 0. The van der Waals surface area contributed by atoms with Crippen LogP contribution in [0.2, 0.25) is 0 Å². The van der Waals surface area contributed by atoms with Crippen molar-refractivity contribution < 1.29 is 24.5 Å². The van der Waals surface area contributed by atoms with E-state index in [1.807, 2.05) is 6.08 Å². The molecule has 0 heterocycles. The third kappa shape index (κ3) is 68.8. The summed E-state index contributed by atoms with van der Waals surface area (Å²) in [6.07, 6.45) is 95.0. The van der Waals surface area contributed by atoms with Gasteiger partial charge in [0.15, 0.2) is 0 Å². The zero-order chi connectivity index (χ0) is 59.9. The molecule has 2 atom stereocenters. The van der Waals surface area contributed by atoms with Crippen LogP contribution in [0.3, 0.4) is 0 Å². The molecule has 0 fully saturated rings. The number of esters is 1. The van der Waals surface area contributed by atoms with E-state index in [1.165, 1.54) is 327 Å². The summed E-state index contributed by atoms with van der Waals surface area (Å²) in [5, 5.41) is 23.2. The molecule has 3 N–H and O–H groups in total. The third-order valence-electron chi connectivity index (χ3n) is 17.3. The van der Waals surface area contributed by atoms with Crippen LogP contribution in [0.1, 0.15) is 406 Å². The van der Waals surface area contributed by atoms with Crippen LogP contribution in [-0.4, -0.2) is 47.4 Å². The Hall–Kier alpha value is -2.18. The van der Waals surface area contributed by atoms with Gasteiger partial charge < -0.3 is 20.3 Å². The molecule has 0 bridgehead atoms. The molecular formula is C77H145NO5. The van der Waals surface area contributed by atoms with E-state index < -0.39 is 12.1 Å². The van der Waals surface area contributed by atoms with E-state index in [9.17, 15) is 19.8 Å². The summed E-state index contributed by atoms with van der Waals surface area (Å²) in [5.74, 6) is -0.0503. The van der Waals surface area contributed by atoms with Crippen LogP contribution in [0.5, 0.6) is 0 Å². The molecule has 488 valence electrons. The molecule has 0 aromatic rings. The first kappa shape index (κ1) is 80.8. The molecular weight excluding hydrogens is 1020 g/mol. The van der Waals surface area contributed by atoms with Gasteiger partial charge in [-0.25, -0.2) is 0 Å². The number of aliphatic hydroxyl groups is 2. The molecule has 83 heavy (non-hydrogen) atoms. The second-order valence-electron chi connectivity index (χ2n) is 25.6. The fraction of sp³-hybridized carbons (Fsp3) is 0.870. The molecule has 0 saturated carbocycles. The Kier molecular flexibility index (Phi) is 70.4. The topological polar surface area (TPSA) is 95.9 Å². The highest BCUT2D eigenvalue weighted by Gasteiger charge is 2.18. The van der Waals surface area contributed by atoms with Crippen molar-refractivity contribution in [2.24, 2.45) is 0 Å². The van der Waals surface area contributed by atoms with Crippen LogP contribution in [0.25, 0.3) is 0 Å². The van der Waals surface area contributed by atoms with Crippen LogP contribution in [0.4, 0.5) is 0 Å². The van der Waals surface area contributed by atoms with E-state index in [0.717, 1.165) is 51.4 Å². The van der Waals surface area contributed by atoms with Gasteiger partial charge in [0.05, 0.1) is 25.4 Å². The van der Waals surface area contributed by atoms with Crippen molar-refractivity contribution in [3.8, 4) is 0 Å². The average Bonchev–Trinajstić information content (AvgIpc) is 3.49. The predicted octanol–water partition coefficient (Wildman–Crippen LogP) is 24.4. The molecule has 6 heteroatoms. The quantitative estimate of drug-likeness (QED) is 0.0320. The number of amides is 1. The first-order valence-electron chi connectivity index (χ1n) is 37.4. The van der Waals surface area contributed by atoms with Gasteiger partial charge in [-0.1, -0.05) is 351 Å². The number of carbonyl (C=O) groups is 2. The molecule has 2 unspecified atom stereocenters. The molecule has 0 radical (unpaired) electrons. The predicted molar refractivity (Wildman–Crippen MR) is 366 cm³/mol. The van der Waals surface area contributed by atoms with E-state index >= 15 is 0 Å². The Morgan fingerprint density at radius 2 is 0.602 bits per heavy atom. The summed E-state index contributed by atoms with van der Waals surface area (Å²) in [5.41, 5.74) is 0. The van der Waals surface area contributed by atoms with Gasteiger partial charge >= 0.3 is 5.97 Å². The lowest BCUT2D eigenvalue weighted by atomic mass is 10.0. The summed E-state index contributed by atoms with van der Waals surface area (Å²) >= 11 is 0. The summed E-state index contributed by atoms with van der Waals surface area (Å²) in [6.45, 7) is 4.90. The molecule has 0 aromatic carbocycles. The highest BCUT2D eigenvalue weighted by molar-refractivity contribution is 5.76. The number of allylic oxidation sites excluding steroid dienone is 7. The minimum absolute atomic E-state index is 0.0124. The Morgan fingerprint density at radius 3 is 0.952 bits per heavy atom. The maximum atomic E-state index is 12.5. The number of aliphatic hydroxyl groups excluding tert-OH is 2. The van der Waals surface area contributed by atoms with Gasteiger partial charge in [-0.2, -0.15) is 0 Å². The number of unbranched alkanes of at least 4 members (excludes halogenated alkanes) is 53. The van der Waals surface area contributed by atoms with E-state index in [-0.39, 0.29) is 18.5 Å². The van der Waals surface area contributed by atoms with E-state index in [4.69, 9.17) is 4.74 Å². The minimum atomic E-state index is -0.842. The molecule has 0 aliphatic carbocycles. The summed E-state index contributed by atoms with van der Waals surface area (Å²) < 4.78 is 5.50. The third-order valence-corrected chi connectivity index (χ3v) is 17.3. The van der Waals surface area contributed by atoms with Crippen molar-refractivity contribution >= 4 is 11.9 Å². The van der Waals surface area contributed by atoms with Gasteiger partial charge in [-0.3, -0.25) is 9.59 Å². The number of hydrogen-bond acceptors (Lipinski definition) is 5. The zero-order valence-corrected chi connectivity index (χ0v) is 55.9. The SMILES string of the molecule is CCCCC/C=C\C/C=C\CCCCCCCCCC(=O)OCCCCCCCCCCCCCCCC/C=C\CCCCCCCCCCCCCCCCCCCC(=O)NC(CO)C(O)/C=C/CCCCCCCCCCCCCC. The molecule has 0 spiro atoms. The lowest BCUT2D eigenvalue weighted by Gasteiger charge is -2.20. The molecule has 0 saturated heterocycles. The molecule has 0 rings (SSSR count). The summed E-state index contributed by atoms with van der Waals surface area (Å²) in [4.78, 5) is 24.6. The minimum Gasteiger partial charge on any atom is -0.466 e. The number of rotatable bonds is 70. The maximum Gasteiger partial charge on any atom is 0.305 e. The van der Waals surface area contributed by atoms with Gasteiger partial charge in [-0.15, -0.1) is 0 Å². The average molecular weight is 1170 g/mol. The lowest BCUT2D eigenvalue weighted by Crippen LogP contribution is -2.45. The van der Waals surface area contributed by atoms with Gasteiger partial charge in [-0.05, 0) is 89.9 Å². The molecule has 6 nitrogen and oxygen atoms in total. The van der Waals surface area contributed by atoms with E-state index in [2.05, 4.69) is 55.6 Å². The van der Waals surface area contributed by atoms with Crippen molar-refractivity contribution in [3.05, 3.63) is 48.6 Å². The van der Waals surface area contributed by atoms with Crippen molar-refractivity contribution in [1.29, 1.82) is 0 Å². The smallest absolute Gasteiger partial charge is 0.305 e. The highest BCUT2D eigenvalue weighted by Crippen LogP contribution is 2.19.